The summed E-state index contributed by atoms with van der Waals surface area (Å²) in [5.41, 5.74) is 2.82. The molecule has 0 bridgehead atoms. The molecule has 0 saturated carbocycles. The van der Waals surface area contributed by atoms with Crippen LogP contribution in [0.15, 0.2) is 36.7 Å². The molecular formula is C21H26N4O. The number of piperidine rings is 1. The summed E-state index contributed by atoms with van der Waals surface area (Å²) in [5, 5.41) is 0. The number of hydrogen-bond donors (Lipinski definition) is 0. The third-order valence-corrected chi connectivity index (χ3v) is 6.25. The summed E-state index contributed by atoms with van der Waals surface area (Å²) in [6, 6.07) is 9.27. The van der Waals surface area contributed by atoms with E-state index in [0.717, 1.165) is 56.7 Å². The zero-order chi connectivity index (χ0) is 17.3. The second-order valence-corrected chi connectivity index (χ2v) is 7.73. The van der Waals surface area contributed by atoms with Gasteiger partial charge in [-0.25, -0.2) is 9.97 Å². The molecule has 26 heavy (non-hydrogen) atoms. The van der Waals surface area contributed by atoms with Gasteiger partial charge in [-0.05, 0) is 55.0 Å². The Kier molecular flexibility index (Phi) is 4.25. The van der Waals surface area contributed by atoms with Gasteiger partial charge >= 0.3 is 0 Å². The van der Waals surface area contributed by atoms with E-state index in [1.807, 2.05) is 18.5 Å². The first-order valence-corrected chi connectivity index (χ1v) is 9.87. The summed E-state index contributed by atoms with van der Waals surface area (Å²) in [4.78, 5) is 14.0. The highest BCUT2D eigenvalue weighted by Crippen LogP contribution is 2.33. The van der Waals surface area contributed by atoms with Crippen molar-refractivity contribution in [2.24, 2.45) is 5.92 Å². The number of benzene rings is 1. The summed E-state index contributed by atoms with van der Waals surface area (Å²) < 4.78 is 5.63. The maximum atomic E-state index is 5.63. The maximum absolute atomic E-state index is 5.63. The molecule has 5 heteroatoms. The highest BCUT2D eigenvalue weighted by Gasteiger charge is 2.38. The van der Waals surface area contributed by atoms with Crippen molar-refractivity contribution >= 4 is 5.95 Å². The Morgan fingerprint density at radius 3 is 2.92 bits per heavy atom. The van der Waals surface area contributed by atoms with Crippen molar-refractivity contribution in [2.75, 3.05) is 37.7 Å². The zero-order valence-corrected chi connectivity index (χ0v) is 15.2. The minimum Gasteiger partial charge on any atom is -0.493 e. The summed E-state index contributed by atoms with van der Waals surface area (Å²) in [6.45, 7) is 5.36. The average Bonchev–Trinajstić information content (AvgIpc) is 3.33. The number of ether oxygens (including phenoxy) is 1. The number of likely N-dealkylation sites (tertiary alicyclic amines) is 1. The molecular weight excluding hydrogens is 324 g/mol. The normalized spacial score (nSPS) is 25.0. The van der Waals surface area contributed by atoms with E-state index < -0.39 is 0 Å². The van der Waals surface area contributed by atoms with E-state index in [1.165, 1.54) is 30.5 Å². The topological polar surface area (TPSA) is 41.5 Å². The van der Waals surface area contributed by atoms with Crippen molar-refractivity contribution in [3.8, 4) is 5.75 Å². The molecule has 136 valence electrons. The highest BCUT2D eigenvalue weighted by molar-refractivity contribution is 5.40. The smallest absolute Gasteiger partial charge is 0.225 e. The largest absolute Gasteiger partial charge is 0.493 e. The van der Waals surface area contributed by atoms with Crippen molar-refractivity contribution in [2.45, 2.75) is 31.7 Å². The lowest BCUT2D eigenvalue weighted by Crippen LogP contribution is -2.49. The van der Waals surface area contributed by atoms with Crippen LogP contribution in [0.3, 0.4) is 0 Å². The average molecular weight is 350 g/mol. The van der Waals surface area contributed by atoms with E-state index in [4.69, 9.17) is 4.74 Å². The molecule has 3 aliphatic rings. The Morgan fingerprint density at radius 1 is 1.12 bits per heavy atom. The van der Waals surface area contributed by atoms with Crippen LogP contribution in [0.25, 0.3) is 0 Å². The Bertz CT molecular complexity index is 766. The van der Waals surface area contributed by atoms with E-state index in [-0.39, 0.29) is 0 Å². The van der Waals surface area contributed by atoms with Crippen LogP contribution in [-0.4, -0.2) is 53.7 Å². The molecule has 0 aliphatic carbocycles. The Balaban J connectivity index is 1.24. The lowest BCUT2D eigenvalue weighted by atomic mass is 9.92. The number of rotatable bonds is 4. The standard InChI is InChI=1S/C21H26N4O/c1-8-22-21(23-9-1)25-12-6-17-5-11-24(19(17)15-25)10-4-16-2-3-20-18(14-16)7-13-26-20/h1-3,8-9,14,17,19H,4-7,10-13,15H2. The second kappa shape index (κ2) is 6.88. The van der Waals surface area contributed by atoms with Gasteiger partial charge in [0.25, 0.3) is 0 Å². The van der Waals surface area contributed by atoms with Gasteiger partial charge in [0.1, 0.15) is 5.75 Å². The van der Waals surface area contributed by atoms with Crippen LogP contribution in [0, 0.1) is 5.92 Å². The van der Waals surface area contributed by atoms with Crippen LogP contribution in [0.4, 0.5) is 5.95 Å². The second-order valence-electron chi connectivity index (χ2n) is 7.73. The summed E-state index contributed by atoms with van der Waals surface area (Å²) in [7, 11) is 0. The zero-order valence-electron chi connectivity index (χ0n) is 15.2. The first kappa shape index (κ1) is 16.1. The molecule has 2 aromatic rings. The minimum absolute atomic E-state index is 0.644. The van der Waals surface area contributed by atoms with Gasteiger partial charge in [0.2, 0.25) is 5.95 Å². The molecule has 0 spiro atoms. The number of nitrogens with zero attached hydrogens (tertiary/aromatic N) is 4. The third kappa shape index (κ3) is 3.05. The summed E-state index contributed by atoms with van der Waals surface area (Å²) >= 11 is 0. The van der Waals surface area contributed by atoms with E-state index in [0.29, 0.717) is 6.04 Å². The monoisotopic (exact) mass is 350 g/mol. The van der Waals surface area contributed by atoms with Crippen molar-refractivity contribution in [3.05, 3.63) is 47.8 Å². The van der Waals surface area contributed by atoms with Gasteiger partial charge in [0, 0.05) is 44.5 Å². The molecule has 5 nitrogen and oxygen atoms in total. The molecule has 4 heterocycles. The van der Waals surface area contributed by atoms with Gasteiger partial charge in [-0.15, -0.1) is 0 Å². The molecule has 2 unspecified atom stereocenters. The molecule has 0 radical (unpaired) electrons. The number of aromatic nitrogens is 2. The van der Waals surface area contributed by atoms with E-state index in [2.05, 4.69) is 38.0 Å². The SMILES string of the molecule is c1cnc(N2CCC3CCN(CCc4ccc5c(c4)CCO5)C3C2)nc1. The van der Waals surface area contributed by atoms with E-state index in [9.17, 15) is 0 Å². The van der Waals surface area contributed by atoms with Gasteiger partial charge in [-0.2, -0.15) is 0 Å². The first-order chi connectivity index (χ1) is 12.9. The predicted molar refractivity (Wildman–Crippen MR) is 102 cm³/mol. The number of hydrogen-bond acceptors (Lipinski definition) is 5. The molecule has 1 aromatic heterocycles. The van der Waals surface area contributed by atoms with Crippen molar-refractivity contribution in [1.82, 2.24) is 14.9 Å². The van der Waals surface area contributed by atoms with Gasteiger partial charge < -0.3 is 9.64 Å². The summed E-state index contributed by atoms with van der Waals surface area (Å²) in [6.07, 6.45) is 8.47. The van der Waals surface area contributed by atoms with Gasteiger partial charge in [0.05, 0.1) is 6.61 Å². The van der Waals surface area contributed by atoms with Crippen LogP contribution in [0.5, 0.6) is 5.75 Å². The molecule has 5 rings (SSSR count). The van der Waals surface area contributed by atoms with Crippen molar-refractivity contribution in [3.63, 3.8) is 0 Å². The van der Waals surface area contributed by atoms with E-state index >= 15 is 0 Å². The minimum atomic E-state index is 0.644. The number of anilines is 1. The van der Waals surface area contributed by atoms with Gasteiger partial charge in [0.15, 0.2) is 0 Å². The molecule has 3 aliphatic heterocycles. The summed E-state index contributed by atoms with van der Waals surface area (Å²) in [5.74, 6) is 2.81. The Hall–Kier alpha value is -2.14. The highest BCUT2D eigenvalue weighted by atomic mass is 16.5. The molecule has 0 N–H and O–H groups in total. The fourth-order valence-corrected chi connectivity index (χ4v) is 4.81. The first-order valence-electron chi connectivity index (χ1n) is 9.87. The quantitative estimate of drug-likeness (QED) is 0.848. The third-order valence-electron chi connectivity index (χ3n) is 6.25. The maximum Gasteiger partial charge on any atom is 0.225 e. The van der Waals surface area contributed by atoms with Crippen molar-refractivity contribution in [1.29, 1.82) is 0 Å². The molecule has 1 aromatic carbocycles. The predicted octanol–water partition coefficient (Wildman–Crippen LogP) is 2.55. The Labute approximate surface area is 155 Å². The molecule has 2 atom stereocenters. The van der Waals surface area contributed by atoms with E-state index in [1.54, 1.807) is 0 Å². The molecule has 0 amide bonds. The van der Waals surface area contributed by atoms with Crippen LogP contribution < -0.4 is 9.64 Å². The van der Waals surface area contributed by atoms with Crippen molar-refractivity contribution < 1.29 is 4.74 Å². The fourth-order valence-electron chi connectivity index (χ4n) is 4.81. The molecule has 2 saturated heterocycles. The van der Waals surface area contributed by atoms with Crippen LogP contribution >= 0.6 is 0 Å². The van der Waals surface area contributed by atoms with Crippen LogP contribution in [0.2, 0.25) is 0 Å². The van der Waals surface area contributed by atoms with Gasteiger partial charge in [-0.1, -0.05) is 12.1 Å². The lowest BCUT2D eigenvalue weighted by molar-refractivity contribution is 0.209. The fraction of sp³-hybridized carbons (Fsp3) is 0.524. The Morgan fingerprint density at radius 2 is 2.00 bits per heavy atom. The van der Waals surface area contributed by atoms with Crippen LogP contribution in [-0.2, 0) is 12.8 Å². The molecule has 2 fully saturated rings. The van der Waals surface area contributed by atoms with Crippen LogP contribution in [0.1, 0.15) is 24.0 Å². The lowest BCUT2D eigenvalue weighted by Gasteiger charge is -2.38. The number of fused-ring (bicyclic) bond motifs is 2. The van der Waals surface area contributed by atoms with Gasteiger partial charge in [-0.3, -0.25) is 4.90 Å².